The fourth-order valence-electron chi connectivity index (χ4n) is 2.94. The zero-order valence-electron chi connectivity index (χ0n) is 15.8. The molecule has 3 aromatic heterocycles. The van der Waals surface area contributed by atoms with E-state index in [0.29, 0.717) is 20.9 Å². The van der Waals surface area contributed by atoms with Crippen LogP contribution in [0.5, 0.6) is 0 Å². The summed E-state index contributed by atoms with van der Waals surface area (Å²) in [6.45, 7) is 0. The number of esters is 1. The molecular weight excluding hydrogens is 440 g/mol. The van der Waals surface area contributed by atoms with Gasteiger partial charge in [-0.3, -0.25) is 14.4 Å². The summed E-state index contributed by atoms with van der Waals surface area (Å²) in [4.78, 5) is 46.6. The van der Waals surface area contributed by atoms with Crippen molar-refractivity contribution >= 4 is 56.4 Å². The molecule has 9 heteroatoms. The van der Waals surface area contributed by atoms with E-state index in [4.69, 9.17) is 4.74 Å². The van der Waals surface area contributed by atoms with Crippen LogP contribution >= 0.6 is 34.4 Å². The summed E-state index contributed by atoms with van der Waals surface area (Å²) in [5, 5.41) is 3.93. The summed E-state index contributed by atoms with van der Waals surface area (Å²) >= 11 is 3.99. The molecule has 30 heavy (non-hydrogen) atoms. The van der Waals surface area contributed by atoms with Crippen LogP contribution in [-0.2, 0) is 9.53 Å². The Balaban J connectivity index is 1.68. The van der Waals surface area contributed by atoms with Crippen molar-refractivity contribution in [1.29, 1.82) is 0 Å². The molecule has 0 fully saturated rings. The Hall–Kier alpha value is -2.75. The van der Waals surface area contributed by atoms with Crippen LogP contribution in [0, 0.1) is 0 Å². The van der Waals surface area contributed by atoms with E-state index < -0.39 is 11.2 Å². The summed E-state index contributed by atoms with van der Waals surface area (Å²) in [6.07, 6.45) is -0.123. The van der Waals surface area contributed by atoms with Crippen LogP contribution < -0.4 is 5.56 Å². The molecule has 1 N–H and O–H groups in total. The van der Waals surface area contributed by atoms with Gasteiger partial charge in [0.25, 0.3) is 5.56 Å². The number of carbonyl (C=O) groups is 2. The van der Waals surface area contributed by atoms with Crippen molar-refractivity contribution in [1.82, 2.24) is 9.97 Å². The van der Waals surface area contributed by atoms with E-state index in [1.807, 2.05) is 29.0 Å². The van der Waals surface area contributed by atoms with Gasteiger partial charge in [0.05, 0.1) is 24.2 Å². The number of ketones is 1. The molecule has 1 aromatic carbocycles. The number of methoxy groups -OCH3 is 1. The number of benzene rings is 1. The zero-order chi connectivity index (χ0) is 21.1. The molecule has 0 saturated heterocycles. The van der Waals surface area contributed by atoms with Crippen molar-refractivity contribution in [2.24, 2.45) is 0 Å². The number of hydrogen-bond acceptors (Lipinski definition) is 8. The number of aromatic nitrogens is 2. The molecule has 3 heterocycles. The highest BCUT2D eigenvalue weighted by Crippen LogP contribution is 2.35. The van der Waals surface area contributed by atoms with E-state index in [1.165, 1.54) is 18.4 Å². The van der Waals surface area contributed by atoms with E-state index in [9.17, 15) is 14.4 Å². The molecule has 4 rings (SSSR count). The van der Waals surface area contributed by atoms with Crippen LogP contribution in [0.4, 0.5) is 0 Å². The number of nitrogens with zero attached hydrogens (tertiary/aromatic N) is 1. The van der Waals surface area contributed by atoms with Crippen molar-refractivity contribution in [3.8, 4) is 10.4 Å². The van der Waals surface area contributed by atoms with Crippen molar-refractivity contribution in [3.63, 3.8) is 0 Å². The van der Waals surface area contributed by atoms with Crippen LogP contribution in [0.25, 0.3) is 20.7 Å². The third-order valence-corrected chi connectivity index (χ3v) is 7.25. The first-order valence-electron chi connectivity index (χ1n) is 8.95. The summed E-state index contributed by atoms with van der Waals surface area (Å²) in [6, 6.07) is 12.6. The Morgan fingerprint density at radius 2 is 1.97 bits per heavy atom. The van der Waals surface area contributed by atoms with E-state index in [0.717, 1.165) is 22.2 Å². The Bertz CT molecular complexity index is 1250. The van der Waals surface area contributed by atoms with Gasteiger partial charge in [-0.2, -0.15) is 0 Å². The average Bonchev–Trinajstić information content (AvgIpc) is 3.43. The number of hydrogen-bond donors (Lipinski definition) is 1. The second-order valence-corrected chi connectivity index (χ2v) is 9.29. The quantitative estimate of drug-likeness (QED) is 0.189. The summed E-state index contributed by atoms with van der Waals surface area (Å²) in [7, 11) is 1.28. The second kappa shape index (κ2) is 8.95. The summed E-state index contributed by atoms with van der Waals surface area (Å²) < 4.78 is 4.75. The molecule has 0 aliphatic carbocycles. The highest BCUT2D eigenvalue weighted by Gasteiger charge is 2.26. The predicted molar refractivity (Wildman–Crippen MR) is 121 cm³/mol. The van der Waals surface area contributed by atoms with Gasteiger partial charge in [-0.05, 0) is 11.4 Å². The van der Waals surface area contributed by atoms with Gasteiger partial charge >= 0.3 is 5.97 Å². The van der Waals surface area contributed by atoms with Gasteiger partial charge in [0.1, 0.15) is 4.83 Å². The average molecular weight is 457 g/mol. The molecule has 0 radical (unpaired) electrons. The van der Waals surface area contributed by atoms with Gasteiger partial charge < -0.3 is 9.72 Å². The number of thioether (sulfide) groups is 1. The molecule has 6 nitrogen and oxygen atoms in total. The number of rotatable bonds is 7. The van der Waals surface area contributed by atoms with Crippen LogP contribution in [0.1, 0.15) is 16.8 Å². The molecule has 152 valence electrons. The fourth-order valence-corrected chi connectivity index (χ4v) is 5.79. The number of aromatic amines is 1. The highest BCUT2D eigenvalue weighted by atomic mass is 32.2. The Labute approximate surface area is 183 Å². The van der Waals surface area contributed by atoms with Crippen molar-refractivity contribution < 1.29 is 14.3 Å². The molecule has 1 atom stereocenters. The Morgan fingerprint density at radius 3 is 2.67 bits per heavy atom. The van der Waals surface area contributed by atoms with E-state index >= 15 is 0 Å². The number of fused-ring (bicyclic) bond motifs is 1. The van der Waals surface area contributed by atoms with Gasteiger partial charge in [-0.1, -0.05) is 48.2 Å². The lowest BCUT2D eigenvalue weighted by molar-refractivity contribution is -0.140. The highest BCUT2D eigenvalue weighted by molar-refractivity contribution is 8.00. The molecule has 4 aromatic rings. The third-order valence-electron chi connectivity index (χ3n) is 4.39. The minimum Gasteiger partial charge on any atom is -0.469 e. The zero-order valence-corrected chi connectivity index (χ0v) is 18.2. The lowest BCUT2D eigenvalue weighted by Gasteiger charge is -2.14. The van der Waals surface area contributed by atoms with Gasteiger partial charge in [0, 0.05) is 21.4 Å². The van der Waals surface area contributed by atoms with Gasteiger partial charge in [0.15, 0.2) is 10.9 Å². The van der Waals surface area contributed by atoms with Gasteiger partial charge in [-0.15, -0.1) is 22.7 Å². The predicted octanol–water partition coefficient (Wildman–Crippen LogP) is 4.62. The smallest absolute Gasteiger partial charge is 0.307 e. The monoisotopic (exact) mass is 456 g/mol. The first-order valence-corrected chi connectivity index (χ1v) is 11.6. The van der Waals surface area contributed by atoms with Gasteiger partial charge in [0.2, 0.25) is 0 Å². The van der Waals surface area contributed by atoms with Crippen molar-refractivity contribution in [3.05, 3.63) is 69.1 Å². The minimum absolute atomic E-state index is 0.123. The first kappa shape index (κ1) is 20.5. The molecule has 0 bridgehead atoms. The SMILES string of the molecule is COC(=O)CC(Sc1nc2scc(-c3cccs3)c2c(=O)[nH]1)C(=O)c1ccccc1. The normalized spacial score (nSPS) is 12.0. The largest absolute Gasteiger partial charge is 0.469 e. The Morgan fingerprint density at radius 1 is 1.17 bits per heavy atom. The molecule has 0 amide bonds. The number of carbonyl (C=O) groups excluding carboxylic acids is 2. The lowest BCUT2D eigenvalue weighted by atomic mass is 10.1. The standard InChI is InChI=1S/C21H16N2O4S3/c1-27-16(24)10-15(18(25)12-6-3-2-4-7-12)30-21-22-19(26)17-13(11-29-20(17)23-21)14-8-5-9-28-14/h2-9,11,15H,10H2,1H3,(H,22,23,26). The fraction of sp³-hybridized carbons (Fsp3) is 0.143. The number of Topliss-reactive ketones (excluding diaryl/α,β-unsaturated/α-hetero) is 1. The maximum absolute atomic E-state index is 13.0. The van der Waals surface area contributed by atoms with E-state index in [2.05, 4.69) is 9.97 Å². The molecule has 0 spiro atoms. The Kier molecular flexibility index (Phi) is 6.12. The van der Waals surface area contributed by atoms with Crippen LogP contribution in [0.2, 0.25) is 0 Å². The van der Waals surface area contributed by atoms with Gasteiger partial charge in [-0.25, -0.2) is 4.98 Å². The van der Waals surface area contributed by atoms with Crippen LogP contribution in [0.15, 0.2) is 63.2 Å². The lowest BCUT2D eigenvalue weighted by Crippen LogP contribution is -2.23. The third kappa shape index (κ3) is 4.23. The molecule has 0 saturated carbocycles. The van der Waals surface area contributed by atoms with E-state index in [1.54, 1.807) is 35.6 Å². The number of nitrogens with one attached hydrogen (secondary N) is 1. The number of thiophene rings is 2. The van der Waals surface area contributed by atoms with Crippen molar-refractivity contribution in [2.45, 2.75) is 16.8 Å². The van der Waals surface area contributed by atoms with Crippen LogP contribution in [0.3, 0.4) is 0 Å². The second-order valence-electron chi connectivity index (χ2n) is 6.29. The summed E-state index contributed by atoms with van der Waals surface area (Å²) in [5.41, 5.74) is 1.07. The minimum atomic E-state index is -0.767. The number of ether oxygens (including phenoxy) is 1. The molecular formula is C21H16N2O4S3. The maximum Gasteiger partial charge on any atom is 0.307 e. The first-order chi connectivity index (χ1) is 14.6. The maximum atomic E-state index is 13.0. The summed E-state index contributed by atoms with van der Waals surface area (Å²) in [5.74, 6) is -0.726. The molecule has 0 aliphatic rings. The van der Waals surface area contributed by atoms with Crippen LogP contribution in [-0.4, -0.2) is 34.1 Å². The molecule has 1 unspecified atom stereocenters. The molecule has 0 aliphatic heterocycles. The van der Waals surface area contributed by atoms with Crippen molar-refractivity contribution in [2.75, 3.05) is 7.11 Å². The van der Waals surface area contributed by atoms with E-state index in [-0.39, 0.29) is 17.8 Å². The topological polar surface area (TPSA) is 89.1 Å². The number of H-pyrrole nitrogens is 1.